The van der Waals surface area contributed by atoms with E-state index in [1.165, 1.54) is 12.8 Å². The monoisotopic (exact) mass is 251 g/mol. The Balaban J connectivity index is 2.68. The summed E-state index contributed by atoms with van der Waals surface area (Å²) in [6, 6.07) is 0.517. The standard InChI is InChI=1S/C15H29N3/c1-11(2)7-8-14(6)18-10-13(5)17-15(18)16-9-12(3)4/h10-12,14H,7-9H2,1-6H3,(H,16,17). The van der Waals surface area contributed by atoms with Crippen LogP contribution in [0.2, 0.25) is 0 Å². The molecule has 3 nitrogen and oxygen atoms in total. The van der Waals surface area contributed by atoms with Crippen molar-refractivity contribution in [1.29, 1.82) is 0 Å². The molecule has 0 aromatic carbocycles. The molecule has 0 spiro atoms. The summed E-state index contributed by atoms with van der Waals surface area (Å²) in [7, 11) is 0. The van der Waals surface area contributed by atoms with E-state index in [-0.39, 0.29) is 0 Å². The molecule has 0 aliphatic carbocycles. The van der Waals surface area contributed by atoms with Gasteiger partial charge in [0, 0.05) is 18.8 Å². The highest BCUT2D eigenvalue weighted by molar-refractivity contribution is 5.29. The van der Waals surface area contributed by atoms with Crippen LogP contribution in [0.15, 0.2) is 6.20 Å². The number of rotatable bonds is 7. The molecule has 0 saturated carbocycles. The number of aromatic nitrogens is 2. The first kappa shape index (κ1) is 15.1. The summed E-state index contributed by atoms with van der Waals surface area (Å²) in [6.07, 6.45) is 4.64. The topological polar surface area (TPSA) is 29.9 Å². The highest BCUT2D eigenvalue weighted by Gasteiger charge is 2.12. The summed E-state index contributed by atoms with van der Waals surface area (Å²) in [5.41, 5.74) is 1.10. The van der Waals surface area contributed by atoms with Crippen molar-refractivity contribution in [3.8, 4) is 0 Å². The van der Waals surface area contributed by atoms with Gasteiger partial charge in [-0.05, 0) is 38.5 Å². The van der Waals surface area contributed by atoms with Crippen LogP contribution in [0, 0.1) is 18.8 Å². The third kappa shape index (κ3) is 4.71. The van der Waals surface area contributed by atoms with E-state index in [9.17, 15) is 0 Å². The van der Waals surface area contributed by atoms with E-state index in [1.807, 2.05) is 0 Å². The Hall–Kier alpha value is -0.990. The molecule has 0 saturated heterocycles. The molecule has 0 bridgehead atoms. The van der Waals surface area contributed by atoms with Crippen molar-refractivity contribution in [1.82, 2.24) is 9.55 Å². The fraction of sp³-hybridized carbons (Fsp3) is 0.800. The average Bonchev–Trinajstić information content (AvgIpc) is 2.64. The molecule has 0 aliphatic heterocycles. The molecule has 3 heteroatoms. The molecule has 1 rings (SSSR count). The molecule has 1 unspecified atom stereocenters. The summed E-state index contributed by atoms with van der Waals surface area (Å²) >= 11 is 0. The van der Waals surface area contributed by atoms with Crippen LogP contribution in [-0.4, -0.2) is 16.1 Å². The predicted octanol–water partition coefficient (Wildman–Crippen LogP) is 4.26. The molecule has 1 N–H and O–H groups in total. The molecule has 1 aromatic rings. The number of hydrogen-bond acceptors (Lipinski definition) is 2. The summed E-state index contributed by atoms with van der Waals surface area (Å²) in [5, 5.41) is 3.45. The van der Waals surface area contributed by atoms with Gasteiger partial charge in [0.15, 0.2) is 0 Å². The maximum atomic E-state index is 4.58. The maximum Gasteiger partial charge on any atom is 0.203 e. The SMILES string of the molecule is Cc1cn(C(C)CCC(C)C)c(NCC(C)C)n1. The van der Waals surface area contributed by atoms with Gasteiger partial charge >= 0.3 is 0 Å². The second-order valence-corrected chi connectivity index (χ2v) is 6.21. The molecule has 1 aromatic heterocycles. The first-order chi connectivity index (χ1) is 8.40. The minimum Gasteiger partial charge on any atom is -0.355 e. The fourth-order valence-electron chi connectivity index (χ4n) is 1.99. The number of nitrogens with one attached hydrogen (secondary N) is 1. The van der Waals surface area contributed by atoms with Crippen molar-refractivity contribution in [2.75, 3.05) is 11.9 Å². The lowest BCUT2D eigenvalue weighted by Crippen LogP contribution is -2.15. The molecule has 18 heavy (non-hydrogen) atoms. The van der Waals surface area contributed by atoms with Crippen LogP contribution in [0.25, 0.3) is 0 Å². The zero-order valence-electron chi connectivity index (χ0n) is 12.8. The molecular formula is C15H29N3. The van der Waals surface area contributed by atoms with Gasteiger partial charge in [-0.15, -0.1) is 0 Å². The van der Waals surface area contributed by atoms with Crippen molar-refractivity contribution >= 4 is 5.95 Å². The van der Waals surface area contributed by atoms with E-state index >= 15 is 0 Å². The molecular weight excluding hydrogens is 222 g/mol. The number of aryl methyl sites for hydroxylation is 1. The second kappa shape index (κ2) is 6.81. The minimum absolute atomic E-state index is 0.517. The van der Waals surface area contributed by atoms with Gasteiger partial charge in [0.2, 0.25) is 5.95 Å². The van der Waals surface area contributed by atoms with Crippen molar-refractivity contribution in [3.05, 3.63) is 11.9 Å². The van der Waals surface area contributed by atoms with E-state index in [2.05, 4.69) is 62.6 Å². The van der Waals surface area contributed by atoms with Gasteiger partial charge in [-0.25, -0.2) is 4.98 Å². The highest BCUT2D eigenvalue weighted by atomic mass is 15.2. The van der Waals surface area contributed by atoms with E-state index in [0.717, 1.165) is 24.1 Å². The lowest BCUT2D eigenvalue weighted by atomic mass is 10.0. The maximum absolute atomic E-state index is 4.58. The first-order valence-corrected chi connectivity index (χ1v) is 7.19. The second-order valence-electron chi connectivity index (χ2n) is 6.21. The third-order valence-electron chi connectivity index (χ3n) is 3.16. The van der Waals surface area contributed by atoms with Crippen LogP contribution in [0.3, 0.4) is 0 Å². The molecule has 1 heterocycles. The van der Waals surface area contributed by atoms with Gasteiger partial charge in [0.25, 0.3) is 0 Å². The van der Waals surface area contributed by atoms with Crippen molar-refractivity contribution in [3.63, 3.8) is 0 Å². The Bertz CT molecular complexity index is 353. The summed E-state index contributed by atoms with van der Waals surface area (Å²) in [5.74, 6) is 2.43. The Labute approximate surface area is 112 Å². The van der Waals surface area contributed by atoms with E-state index in [0.29, 0.717) is 12.0 Å². The third-order valence-corrected chi connectivity index (χ3v) is 3.16. The van der Waals surface area contributed by atoms with Crippen LogP contribution >= 0.6 is 0 Å². The van der Waals surface area contributed by atoms with Crippen LogP contribution in [-0.2, 0) is 0 Å². The number of imidazole rings is 1. The lowest BCUT2D eigenvalue weighted by molar-refractivity contribution is 0.441. The number of anilines is 1. The summed E-state index contributed by atoms with van der Waals surface area (Å²) in [6.45, 7) is 14.3. The molecule has 104 valence electrons. The molecule has 0 amide bonds. The van der Waals surface area contributed by atoms with Gasteiger partial charge in [0.05, 0.1) is 5.69 Å². The zero-order valence-corrected chi connectivity index (χ0v) is 12.8. The van der Waals surface area contributed by atoms with E-state index in [4.69, 9.17) is 0 Å². The normalized spacial score (nSPS) is 13.3. The molecule has 0 aliphatic rings. The molecule has 1 atom stereocenters. The minimum atomic E-state index is 0.517. The largest absolute Gasteiger partial charge is 0.355 e. The number of hydrogen-bond donors (Lipinski definition) is 1. The predicted molar refractivity (Wildman–Crippen MR) is 79.1 cm³/mol. The smallest absolute Gasteiger partial charge is 0.203 e. The zero-order chi connectivity index (χ0) is 13.7. The first-order valence-electron chi connectivity index (χ1n) is 7.19. The van der Waals surface area contributed by atoms with Crippen molar-refractivity contribution in [2.24, 2.45) is 11.8 Å². The fourth-order valence-corrected chi connectivity index (χ4v) is 1.99. The summed E-state index contributed by atoms with van der Waals surface area (Å²) in [4.78, 5) is 4.58. The van der Waals surface area contributed by atoms with Crippen LogP contribution < -0.4 is 5.32 Å². The van der Waals surface area contributed by atoms with Gasteiger partial charge in [-0.3, -0.25) is 0 Å². The van der Waals surface area contributed by atoms with Gasteiger partial charge in [0.1, 0.15) is 0 Å². The number of nitrogens with zero attached hydrogens (tertiary/aromatic N) is 2. The van der Waals surface area contributed by atoms with E-state index < -0.39 is 0 Å². The van der Waals surface area contributed by atoms with Gasteiger partial charge < -0.3 is 9.88 Å². The molecule has 0 radical (unpaired) electrons. The van der Waals surface area contributed by atoms with E-state index in [1.54, 1.807) is 0 Å². The van der Waals surface area contributed by atoms with Gasteiger partial charge in [-0.2, -0.15) is 0 Å². The Morgan fingerprint density at radius 2 is 1.78 bits per heavy atom. The Morgan fingerprint density at radius 1 is 1.11 bits per heavy atom. The van der Waals surface area contributed by atoms with Crippen LogP contribution in [0.5, 0.6) is 0 Å². The Morgan fingerprint density at radius 3 is 2.33 bits per heavy atom. The van der Waals surface area contributed by atoms with Crippen molar-refractivity contribution < 1.29 is 0 Å². The van der Waals surface area contributed by atoms with Gasteiger partial charge in [-0.1, -0.05) is 27.7 Å². The molecule has 0 fully saturated rings. The highest BCUT2D eigenvalue weighted by Crippen LogP contribution is 2.22. The van der Waals surface area contributed by atoms with Crippen LogP contribution in [0.1, 0.15) is 59.2 Å². The average molecular weight is 251 g/mol. The quantitative estimate of drug-likeness (QED) is 0.785. The lowest BCUT2D eigenvalue weighted by Gasteiger charge is -2.18. The van der Waals surface area contributed by atoms with Crippen molar-refractivity contribution in [2.45, 2.75) is 60.4 Å². The van der Waals surface area contributed by atoms with Crippen LogP contribution in [0.4, 0.5) is 5.95 Å². The summed E-state index contributed by atoms with van der Waals surface area (Å²) < 4.78 is 2.29. The Kier molecular flexibility index (Phi) is 5.70.